The van der Waals surface area contributed by atoms with Crippen molar-refractivity contribution in [1.29, 1.82) is 0 Å². The molecule has 2 aromatic carbocycles. The van der Waals surface area contributed by atoms with E-state index < -0.39 is 5.82 Å². The van der Waals surface area contributed by atoms with Crippen LogP contribution in [0.3, 0.4) is 0 Å². The van der Waals surface area contributed by atoms with Crippen molar-refractivity contribution in [3.63, 3.8) is 0 Å². The fourth-order valence-electron chi connectivity index (χ4n) is 1.61. The Morgan fingerprint density at radius 2 is 1.82 bits per heavy atom. The second kappa shape index (κ2) is 4.74. The van der Waals surface area contributed by atoms with Gasteiger partial charge < -0.3 is 5.11 Å². The van der Waals surface area contributed by atoms with Crippen LogP contribution in [0.5, 0.6) is 5.75 Å². The molecule has 86 valence electrons. The molecule has 0 aliphatic carbocycles. The molecule has 0 radical (unpaired) electrons. The number of hydrogen-bond donors (Lipinski definition) is 1. The summed E-state index contributed by atoms with van der Waals surface area (Å²) < 4.78 is 13.8. The molecule has 0 amide bonds. The number of nitroso groups, excluding NO2 is 1. The molecule has 1 N–H and O–H groups in total. The molecule has 17 heavy (non-hydrogen) atoms. The van der Waals surface area contributed by atoms with E-state index in [1.807, 2.05) is 0 Å². The molecule has 0 saturated heterocycles. The zero-order valence-electron chi connectivity index (χ0n) is 8.93. The molecule has 0 aliphatic rings. The summed E-state index contributed by atoms with van der Waals surface area (Å²) in [5.74, 6) is -0.271. The van der Waals surface area contributed by atoms with E-state index in [0.29, 0.717) is 16.7 Å². The number of aromatic hydroxyl groups is 1. The number of benzene rings is 2. The molecular weight excluding hydrogens is 221 g/mol. The molecule has 2 rings (SSSR count). The van der Waals surface area contributed by atoms with E-state index in [1.165, 1.54) is 18.2 Å². The van der Waals surface area contributed by atoms with E-state index in [1.54, 1.807) is 24.3 Å². The van der Waals surface area contributed by atoms with Gasteiger partial charge in [-0.2, -0.15) is 4.91 Å². The molecular formula is C13H10FNO2. The highest BCUT2D eigenvalue weighted by atomic mass is 19.1. The average Bonchev–Trinajstić information content (AvgIpc) is 2.31. The number of rotatable bonds is 3. The largest absolute Gasteiger partial charge is 0.508 e. The van der Waals surface area contributed by atoms with Crippen molar-refractivity contribution in [3.8, 4) is 16.9 Å². The predicted octanol–water partition coefficient (Wildman–Crippen LogP) is 3.46. The maximum Gasteiger partial charge on any atom is 0.131 e. The fourth-order valence-corrected chi connectivity index (χ4v) is 1.61. The predicted molar refractivity (Wildman–Crippen MR) is 63.0 cm³/mol. The van der Waals surface area contributed by atoms with Crippen LogP contribution in [0.25, 0.3) is 11.1 Å². The Bertz CT molecular complexity index is 538. The molecule has 0 unspecified atom stereocenters. The number of phenolic OH excluding ortho intramolecular Hbond substituents is 1. The zero-order chi connectivity index (χ0) is 12.3. The first-order valence-corrected chi connectivity index (χ1v) is 5.07. The van der Waals surface area contributed by atoms with Crippen LogP contribution in [-0.4, -0.2) is 5.11 Å². The topological polar surface area (TPSA) is 49.7 Å². The maximum absolute atomic E-state index is 13.8. The summed E-state index contributed by atoms with van der Waals surface area (Å²) in [4.78, 5) is 10.1. The van der Waals surface area contributed by atoms with Crippen molar-refractivity contribution in [1.82, 2.24) is 0 Å². The number of phenols is 1. The van der Waals surface area contributed by atoms with Gasteiger partial charge in [0.25, 0.3) is 0 Å². The van der Waals surface area contributed by atoms with Gasteiger partial charge in [0.2, 0.25) is 0 Å². The molecule has 2 aromatic rings. The third kappa shape index (κ3) is 2.47. The summed E-state index contributed by atoms with van der Waals surface area (Å²) >= 11 is 0. The van der Waals surface area contributed by atoms with Crippen molar-refractivity contribution in [2.45, 2.75) is 6.54 Å². The second-order valence-electron chi connectivity index (χ2n) is 3.65. The molecule has 0 spiro atoms. The van der Waals surface area contributed by atoms with Crippen LogP contribution in [-0.2, 0) is 6.54 Å². The molecule has 0 aliphatic heterocycles. The van der Waals surface area contributed by atoms with E-state index in [2.05, 4.69) is 5.18 Å². The first-order chi connectivity index (χ1) is 8.20. The Kier molecular flexibility index (Phi) is 3.14. The molecule has 0 atom stereocenters. The van der Waals surface area contributed by atoms with Gasteiger partial charge in [0.1, 0.15) is 18.1 Å². The van der Waals surface area contributed by atoms with Gasteiger partial charge in [0.05, 0.1) is 0 Å². The Morgan fingerprint density at radius 3 is 2.41 bits per heavy atom. The van der Waals surface area contributed by atoms with Crippen LogP contribution in [0.2, 0.25) is 0 Å². The van der Waals surface area contributed by atoms with E-state index in [4.69, 9.17) is 5.11 Å². The van der Waals surface area contributed by atoms with Crippen LogP contribution < -0.4 is 0 Å². The average molecular weight is 231 g/mol. The van der Waals surface area contributed by atoms with E-state index in [0.717, 1.165) is 0 Å². The van der Waals surface area contributed by atoms with Gasteiger partial charge in [0, 0.05) is 5.56 Å². The normalized spacial score (nSPS) is 10.2. The Hall–Kier alpha value is -2.23. The van der Waals surface area contributed by atoms with Crippen molar-refractivity contribution < 1.29 is 9.50 Å². The standard InChI is InChI=1S/C13H10FNO2/c14-13-7-9(8-15-17)1-6-12(13)10-2-4-11(16)5-3-10/h1-7,16H,8H2. The lowest BCUT2D eigenvalue weighted by Gasteiger charge is -2.05. The van der Waals surface area contributed by atoms with Gasteiger partial charge in [0.15, 0.2) is 0 Å². The van der Waals surface area contributed by atoms with E-state index in [9.17, 15) is 9.30 Å². The lowest BCUT2D eigenvalue weighted by atomic mass is 10.0. The smallest absolute Gasteiger partial charge is 0.131 e. The molecule has 0 saturated carbocycles. The van der Waals surface area contributed by atoms with Crippen molar-refractivity contribution in [3.05, 3.63) is 58.8 Å². The van der Waals surface area contributed by atoms with Crippen LogP contribution in [0.1, 0.15) is 5.56 Å². The fraction of sp³-hybridized carbons (Fsp3) is 0.0769. The Labute approximate surface area is 97.5 Å². The highest BCUT2D eigenvalue weighted by Crippen LogP contribution is 2.25. The third-order valence-electron chi connectivity index (χ3n) is 2.46. The van der Waals surface area contributed by atoms with E-state index >= 15 is 0 Å². The minimum atomic E-state index is -0.406. The number of halogens is 1. The van der Waals surface area contributed by atoms with Gasteiger partial charge in [-0.25, -0.2) is 4.39 Å². The van der Waals surface area contributed by atoms with Crippen molar-refractivity contribution in [2.24, 2.45) is 5.18 Å². The van der Waals surface area contributed by atoms with Gasteiger partial charge in [-0.3, -0.25) is 0 Å². The monoisotopic (exact) mass is 231 g/mol. The summed E-state index contributed by atoms with van der Waals surface area (Å²) in [6.07, 6.45) is 0. The summed E-state index contributed by atoms with van der Waals surface area (Å²) in [5.41, 5.74) is 1.64. The first kappa shape index (κ1) is 11.3. The van der Waals surface area contributed by atoms with Crippen LogP contribution in [0.4, 0.5) is 4.39 Å². The first-order valence-electron chi connectivity index (χ1n) is 5.07. The lowest BCUT2D eigenvalue weighted by molar-refractivity contribution is 0.475. The molecule has 3 nitrogen and oxygen atoms in total. The minimum absolute atomic E-state index is 0.0349. The quantitative estimate of drug-likeness (QED) is 0.822. The molecule has 0 fully saturated rings. The second-order valence-corrected chi connectivity index (χ2v) is 3.65. The van der Waals surface area contributed by atoms with Crippen LogP contribution in [0.15, 0.2) is 47.6 Å². The number of hydrogen-bond acceptors (Lipinski definition) is 3. The minimum Gasteiger partial charge on any atom is -0.508 e. The lowest BCUT2D eigenvalue weighted by Crippen LogP contribution is -1.88. The van der Waals surface area contributed by atoms with Crippen LogP contribution in [0, 0.1) is 10.7 Å². The van der Waals surface area contributed by atoms with Crippen LogP contribution >= 0.6 is 0 Å². The summed E-state index contributed by atoms with van der Waals surface area (Å²) in [5, 5.41) is 11.9. The van der Waals surface area contributed by atoms with Gasteiger partial charge in [-0.1, -0.05) is 29.4 Å². The van der Waals surface area contributed by atoms with Crippen molar-refractivity contribution in [2.75, 3.05) is 0 Å². The maximum atomic E-state index is 13.8. The Morgan fingerprint density at radius 1 is 1.12 bits per heavy atom. The highest BCUT2D eigenvalue weighted by molar-refractivity contribution is 5.65. The SMILES string of the molecule is O=NCc1ccc(-c2ccc(O)cc2)c(F)c1. The molecule has 0 heterocycles. The molecule has 0 bridgehead atoms. The molecule has 0 aromatic heterocycles. The highest BCUT2D eigenvalue weighted by Gasteiger charge is 2.06. The van der Waals surface area contributed by atoms with Gasteiger partial charge >= 0.3 is 0 Å². The third-order valence-corrected chi connectivity index (χ3v) is 2.46. The Balaban J connectivity index is 2.39. The summed E-state index contributed by atoms with van der Waals surface area (Å²) in [6.45, 7) is -0.0349. The van der Waals surface area contributed by atoms with Gasteiger partial charge in [-0.05, 0) is 29.3 Å². The summed E-state index contributed by atoms with van der Waals surface area (Å²) in [6, 6.07) is 10.8. The van der Waals surface area contributed by atoms with E-state index in [-0.39, 0.29) is 12.3 Å². The number of nitrogens with zero attached hydrogens (tertiary/aromatic N) is 1. The van der Waals surface area contributed by atoms with Crippen molar-refractivity contribution >= 4 is 0 Å². The van der Waals surface area contributed by atoms with Gasteiger partial charge in [-0.15, -0.1) is 0 Å². The zero-order valence-corrected chi connectivity index (χ0v) is 8.93. The molecule has 4 heteroatoms. The summed E-state index contributed by atoms with van der Waals surface area (Å²) in [7, 11) is 0.